The highest BCUT2D eigenvalue weighted by Crippen LogP contribution is 2.33. The monoisotopic (exact) mass is 509 g/mol. The molecule has 0 bridgehead atoms. The highest BCUT2D eigenvalue weighted by atomic mass is 32.2. The standard InChI is InChI=1S/C21H18F3N5O5S/c1-28-8-15-18(17(28)19(30)26-11-4-12(22)16(24)13(23)5-11)34-9-10-6-29(7-14(10)27-35(15)32)21(31)20-25-2-3-33-20/h2-5,8,10,14,27H,6-7,9H2,1H3,(H,26,30). The maximum Gasteiger partial charge on any atom is 0.309 e. The van der Waals surface area contributed by atoms with Gasteiger partial charge in [0.15, 0.2) is 28.9 Å². The van der Waals surface area contributed by atoms with Crippen molar-refractivity contribution < 1.29 is 36.1 Å². The summed E-state index contributed by atoms with van der Waals surface area (Å²) in [6.45, 7) is 0.605. The number of carbonyl (C=O) groups is 2. The quantitative estimate of drug-likeness (QED) is 0.520. The molecular formula is C21H18F3N5O5S. The van der Waals surface area contributed by atoms with Gasteiger partial charge in [-0.3, -0.25) is 9.59 Å². The molecule has 4 heterocycles. The lowest BCUT2D eigenvalue weighted by molar-refractivity contribution is 0.0742. The molecule has 184 valence electrons. The molecule has 2 amide bonds. The summed E-state index contributed by atoms with van der Waals surface area (Å²) in [6, 6.07) is 0.934. The minimum absolute atomic E-state index is 0.0230. The molecule has 2 aliphatic rings. The third-order valence-electron chi connectivity index (χ3n) is 5.80. The largest absolute Gasteiger partial charge is 0.489 e. The van der Waals surface area contributed by atoms with E-state index in [1.807, 2.05) is 0 Å². The van der Waals surface area contributed by atoms with Crippen LogP contribution in [0.15, 0.2) is 40.1 Å². The highest BCUT2D eigenvalue weighted by molar-refractivity contribution is 7.83. The van der Waals surface area contributed by atoms with Gasteiger partial charge in [-0.1, -0.05) is 0 Å². The van der Waals surface area contributed by atoms with E-state index in [9.17, 15) is 27.0 Å². The molecule has 0 aliphatic carbocycles. The van der Waals surface area contributed by atoms with E-state index >= 15 is 0 Å². The van der Waals surface area contributed by atoms with Crippen LogP contribution in [-0.2, 0) is 18.0 Å². The van der Waals surface area contributed by atoms with E-state index in [0.29, 0.717) is 12.1 Å². The molecule has 35 heavy (non-hydrogen) atoms. The number of nitrogens with zero attached hydrogens (tertiary/aromatic N) is 3. The van der Waals surface area contributed by atoms with Crippen LogP contribution in [0.5, 0.6) is 5.75 Å². The molecule has 3 atom stereocenters. The van der Waals surface area contributed by atoms with Gasteiger partial charge in [0.05, 0.1) is 12.8 Å². The number of aryl methyl sites for hydroxylation is 1. The number of halogens is 3. The number of hydrogen-bond acceptors (Lipinski definition) is 6. The summed E-state index contributed by atoms with van der Waals surface area (Å²) in [6.07, 6.45) is 4.09. The fraction of sp³-hybridized carbons (Fsp3) is 0.286. The smallest absolute Gasteiger partial charge is 0.309 e. The SMILES string of the molecule is Cn1cc2c(c1C(=O)Nc1cc(F)c(F)c(F)c1)OCC1CN(C(=O)c3ncco3)CC1NS2=O. The topological polar surface area (TPSA) is 119 Å². The zero-order valence-corrected chi connectivity index (χ0v) is 18.9. The number of benzene rings is 1. The number of ether oxygens (including phenoxy) is 1. The molecule has 14 heteroatoms. The number of amides is 2. The Kier molecular flexibility index (Phi) is 5.84. The Bertz CT molecular complexity index is 1320. The van der Waals surface area contributed by atoms with Gasteiger partial charge in [0, 0.05) is 56.1 Å². The molecule has 1 aromatic carbocycles. The van der Waals surface area contributed by atoms with Gasteiger partial charge in [-0.15, -0.1) is 0 Å². The number of fused-ring (bicyclic) bond motifs is 2. The first-order valence-corrected chi connectivity index (χ1v) is 11.5. The van der Waals surface area contributed by atoms with Crippen LogP contribution in [0.2, 0.25) is 0 Å². The van der Waals surface area contributed by atoms with Crippen molar-refractivity contribution in [1.29, 1.82) is 0 Å². The van der Waals surface area contributed by atoms with E-state index < -0.39 is 40.3 Å². The van der Waals surface area contributed by atoms with Crippen LogP contribution in [0.25, 0.3) is 0 Å². The first-order chi connectivity index (χ1) is 16.7. The molecule has 5 rings (SSSR count). The molecule has 0 spiro atoms. The first kappa shape index (κ1) is 23.1. The number of hydrogen-bond donors (Lipinski definition) is 2. The Hall–Kier alpha value is -3.65. The fourth-order valence-corrected chi connectivity index (χ4v) is 5.37. The minimum Gasteiger partial charge on any atom is -0.489 e. The summed E-state index contributed by atoms with van der Waals surface area (Å²) in [5.41, 5.74) is -0.354. The van der Waals surface area contributed by atoms with Crippen LogP contribution in [0.4, 0.5) is 18.9 Å². The maximum absolute atomic E-state index is 13.6. The van der Waals surface area contributed by atoms with Crippen LogP contribution >= 0.6 is 0 Å². The zero-order chi connectivity index (χ0) is 24.9. The van der Waals surface area contributed by atoms with Gasteiger partial charge in [-0.05, 0) is 0 Å². The van der Waals surface area contributed by atoms with E-state index in [2.05, 4.69) is 15.0 Å². The molecule has 0 radical (unpaired) electrons. The Morgan fingerprint density at radius 1 is 1.23 bits per heavy atom. The van der Waals surface area contributed by atoms with Gasteiger partial charge in [0.2, 0.25) is 0 Å². The molecule has 1 fully saturated rings. The third-order valence-corrected chi connectivity index (χ3v) is 7.01. The van der Waals surface area contributed by atoms with E-state index in [4.69, 9.17) is 9.15 Å². The molecule has 3 unspecified atom stereocenters. The van der Waals surface area contributed by atoms with E-state index in [-0.39, 0.29) is 59.6 Å². The molecular weight excluding hydrogens is 491 g/mol. The van der Waals surface area contributed by atoms with Crippen molar-refractivity contribution in [2.75, 3.05) is 25.0 Å². The number of rotatable bonds is 3. The number of aromatic nitrogens is 2. The van der Waals surface area contributed by atoms with Crippen LogP contribution in [0.3, 0.4) is 0 Å². The number of oxazole rings is 1. The van der Waals surface area contributed by atoms with Crippen molar-refractivity contribution >= 4 is 28.5 Å². The Balaban J connectivity index is 1.38. The normalized spacial score (nSPS) is 21.5. The molecule has 2 aliphatic heterocycles. The van der Waals surface area contributed by atoms with Gasteiger partial charge >= 0.3 is 5.91 Å². The summed E-state index contributed by atoms with van der Waals surface area (Å²) in [5.74, 6) is -6.08. The Morgan fingerprint density at radius 2 is 1.97 bits per heavy atom. The van der Waals surface area contributed by atoms with Crippen LogP contribution in [0, 0.1) is 23.4 Å². The molecule has 2 N–H and O–H groups in total. The summed E-state index contributed by atoms with van der Waals surface area (Å²) in [5, 5.41) is 2.30. The average Bonchev–Trinajstić information content (AvgIpc) is 3.54. The van der Waals surface area contributed by atoms with Crippen molar-refractivity contribution in [3.05, 3.63) is 59.8 Å². The summed E-state index contributed by atoms with van der Waals surface area (Å²) < 4.78 is 68.8. The zero-order valence-electron chi connectivity index (χ0n) is 18.1. The number of anilines is 1. The van der Waals surface area contributed by atoms with Gasteiger partial charge in [-0.25, -0.2) is 27.1 Å². The van der Waals surface area contributed by atoms with Crippen molar-refractivity contribution in [3.63, 3.8) is 0 Å². The van der Waals surface area contributed by atoms with Gasteiger partial charge < -0.3 is 23.9 Å². The van der Waals surface area contributed by atoms with Gasteiger partial charge in [0.25, 0.3) is 11.8 Å². The van der Waals surface area contributed by atoms with Crippen LogP contribution in [0.1, 0.15) is 21.2 Å². The minimum atomic E-state index is -1.80. The van der Waals surface area contributed by atoms with E-state index in [1.165, 1.54) is 35.2 Å². The molecule has 10 nitrogen and oxygen atoms in total. The van der Waals surface area contributed by atoms with E-state index in [1.54, 1.807) is 0 Å². The Labute approximate surface area is 198 Å². The highest BCUT2D eigenvalue weighted by Gasteiger charge is 2.41. The molecule has 0 saturated carbocycles. The molecule has 1 saturated heterocycles. The lowest BCUT2D eigenvalue weighted by Crippen LogP contribution is -2.41. The first-order valence-electron chi connectivity index (χ1n) is 10.4. The second kappa shape index (κ2) is 8.85. The van der Waals surface area contributed by atoms with Crippen molar-refractivity contribution in [3.8, 4) is 5.75 Å². The van der Waals surface area contributed by atoms with Gasteiger partial charge in [-0.2, -0.15) is 0 Å². The molecule has 2 aromatic heterocycles. The molecule has 3 aromatic rings. The summed E-state index contributed by atoms with van der Waals surface area (Å²) in [4.78, 5) is 31.1. The third kappa shape index (κ3) is 4.18. The average molecular weight is 509 g/mol. The van der Waals surface area contributed by atoms with Crippen molar-refractivity contribution in [2.24, 2.45) is 13.0 Å². The predicted molar refractivity (Wildman–Crippen MR) is 114 cm³/mol. The lowest BCUT2D eigenvalue weighted by Gasteiger charge is -2.23. The number of carbonyl (C=O) groups excluding carboxylic acids is 2. The Morgan fingerprint density at radius 3 is 2.66 bits per heavy atom. The summed E-state index contributed by atoms with van der Waals surface area (Å²) >= 11 is 0. The van der Waals surface area contributed by atoms with Crippen LogP contribution in [-0.4, -0.2) is 56.2 Å². The fourth-order valence-electron chi connectivity index (χ4n) is 4.12. The number of likely N-dealkylation sites (tertiary alicyclic amines) is 1. The van der Waals surface area contributed by atoms with Crippen molar-refractivity contribution in [1.82, 2.24) is 19.2 Å². The predicted octanol–water partition coefficient (Wildman–Crippen LogP) is 1.83. The van der Waals surface area contributed by atoms with Crippen LogP contribution < -0.4 is 14.8 Å². The van der Waals surface area contributed by atoms with Crippen molar-refractivity contribution in [2.45, 2.75) is 10.9 Å². The summed E-state index contributed by atoms with van der Waals surface area (Å²) in [7, 11) is -0.287. The maximum atomic E-state index is 13.6. The van der Waals surface area contributed by atoms with Gasteiger partial charge in [0.1, 0.15) is 22.1 Å². The second-order valence-corrected chi connectivity index (χ2v) is 9.31. The lowest BCUT2D eigenvalue weighted by atomic mass is 10.1. The van der Waals surface area contributed by atoms with E-state index in [0.717, 1.165) is 0 Å². The number of nitrogens with one attached hydrogen (secondary N) is 2. The second-order valence-electron chi connectivity index (χ2n) is 8.10.